The van der Waals surface area contributed by atoms with Crippen molar-refractivity contribution in [2.45, 2.75) is 38.5 Å². The van der Waals surface area contributed by atoms with Crippen LogP contribution in [0, 0.1) is 12.0 Å². The molecule has 0 bridgehead atoms. The highest BCUT2D eigenvalue weighted by atomic mass is 14.9. The van der Waals surface area contributed by atoms with Crippen molar-refractivity contribution in [2.75, 3.05) is 6.54 Å². The summed E-state index contributed by atoms with van der Waals surface area (Å²) in [5, 5.41) is 3.54. The number of rotatable bonds is 0. The molecule has 1 saturated carbocycles. The van der Waals surface area contributed by atoms with Gasteiger partial charge in [-0.15, -0.1) is 0 Å². The van der Waals surface area contributed by atoms with Gasteiger partial charge in [0.25, 0.3) is 0 Å². The van der Waals surface area contributed by atoms with Crippen LogP contribution in [0.1, 0.15) is 38.5 Å². The Bertz CT molecular complexity index is 85.3. The van der Waals surface area contributed by atoms with Crippen LogP contribution < -0.4 is 5.32 Å². The van der Waals surface area contributed by atoms with Gasteiger partial charge in [0.15, 0.2) is 0 Å². The van der Waals surface area contributed by atoms with Crippen LogP contribution in [-0.4, -0.2) is 6.54 Å². The van der Waals surface area contributed by atoms with Gasteiger partial charge in [-0.25, -0.2) is 0 Å². The maximum atomic E-state index is 3.54. The molecule has 1 nitrogen and oxygen atoms in total. The summed E-state index contributed by atoms with van der Waals surface area (Å²) in [5.74, 6) is 0.961. The summed E-state index contributed by atoms with van der Waals surface area (Å²) in [5.41, 5.74) is 0. The van der Waals surface area contributed by atoms with E-state index < -0.39 is 0 Å². The number of hydrogen-bond donors (Lipinski definition) is 1. The molecule has 0 spiro atoms. The van der Waals surface area contributed by atoms with E-state index in [9.17, 15) is 0 Å². The summed E-state index contributed by atoms with van der Waals surface area (Å²) in [6.45, 7) is 1.24. The minimum absolute atomic E-state index is 0.961. The topological polar surface area (TPSA) is 12.0 Å². The molecule has 2 fully saturated rings. The summed E-state index contributed by atoms with van der Waals surface area (Å²) in [6, 6.07) is 1.68. The Kier molecular flexibility index (Phi) is 1.94. The van der Waals surface area contributed by atoms with Gasteiger partial charge in [0.05, 0.1) is 0 Å². The molecule has 1 heterocycles. The van der Waals surface area contributed by atoms with Gasteiger partial charge in [-0.3, -0.25) is 0 Å². The molecule has 1 aliphatic heterocycles. The van der Waals surface area contributed by atoms with Gasteiger partial charge in [-0.05, 0) is 38.1 Å². The van der Waals surface area contributed by atoms with Crippen LogP contribution in [0.2, 0.25) is 0 Å². The normalized spacial score (nSPS) is 35.4. The molecule has 1 atom stereocenters. The maximum Gasteiger partial charge on any atom is 0.0395 e. The van der Waals surface area contributed by atoms with E-state index in [1.54, 1.807) is 6.04 Å². The van der Waals surface area contributed by atoms with E-state index in [2.05, 4.69) is 5.32 Å². The summed E-state index contributed by atoms with van der Waals surface area (Å²) < 4.78 is 0. The molecule has 0 amide bonds. The summed E-state index contributed by atoms with van der Waals surface area (Å²) in [4.78, 5) is 0. The summed E-state index contributed by atoms with van der Waals surface area (Å²) >= 11 is 0. The van der Waals surface area contributed by atoms with E-state index >= 15 is 0 Å². The molecule has 57 valence electrons. The average molecular weight is 138 g/mol. The minimum atomic E-state index is 0.961. The first-order valence-corrected chi connectivity index (χ1v) is 4.56. The number of hydrogen-bond acceptors (Lipinski definition) is 1. The molecular weight excluding hydrogens is 122 g/mol. The van der Waals surface area contributed by atoms with Crippen LogP contribution in [0.15, 0.2) is 0 Å². The van der Waals surface area contributed by atoms with Crippen LogP contribution in [-0.2, 0) is 0 Å². The van der Waals surface area contributed by atoms with Crippen molar-refractivity contribution in [2.24, 2.45) is 5.92 Å². The number of nitrogens with one attached hydrogen (secondary N) is 1. The maximum absolute atomic E-state index is 3.54. The van der Waals surface area contributed by atoms with E-state index in [0.717, 1.165) is 5.92 Å². The Morgan fingerprint density at radius 3 is 2.90 bits per heavy atom. The molecule has 0 aromatic rings. The molecule has 0 aromatic carbocycles. The Balaban J connectivity index is 1.93. The van der Waals surface area contributed by atoms with Gasteiger partial charge < -0.3 is 5.32 Å². The van der Waals surface area contributed by atoms with Crippen LogP contribution in [0.25, 0.3) is 0 Å². The lowest BCUT2D eigenvalue weighted by atomic mass is 9.80. The fourth-order valence-electron chi connectivity index (χ4n) is 2.23. The zero-order valence-corrected chi connectivity index (χ0v) is 6.53. The van der Waals surface area contributed by atoms with Crippen molar-refractivity contribution in [3.8, 4) is 0 Å². The number of fused-ring (bicyclic) bond motifs is 1. The molecule has 1 aliphatic carbocycles. The first-order chi connectivity index (χ1) is 4.97. The first kappa shape index (κ1) is 6.66. The van der Waals surface area contributed by atoms with Gasteiger partial charge in [0.2, 0.25) is 0 Å². The third kappa shape index (κ3) is 1.20. The van der Waals surface area contributed by atoms with Crippen molar-refractivity contribution in [3.05, 3.63) is 6.04 Å². The van der Waals surface area contributed by atoms with Crippen molar-refractivity contribution < 1.29 is 0 Å². The molecule has 2 rings (SSSR count). The Morgan fingerprint density at radius 2 is 2.00 bits per heavy atom. The fraction of sp³-hybridized carbons (Fsp3) is 0.889. The van der Waals surface area contributed by atoms with Gasteiger partial charge >= 0.3 is 0 Å². The predicted octanol–water partition coefficient (Wildman–Crippen LogP) is 2.09. The molecule has 0 aromatic heterocycles. The molecule has 2 aliphatic rings. The fourth-order valence-corrected chi connectivity index (χ4v) is 2.23. The lowest BCUT2D eigenvalue weighted by Gasteiger charge is -2.35. The van der Waals surface area contributed by atoms with Crippen LogP contribution in [0.5, 0.6) is 0 Å². The first-order valence-electron chi connectivity index (χ1n) is 4.56. The highest BCUT2D eigenvalue weighted by Gasteiger charge is 2.27. The zero-order valence-electron chi connectivity index (χ0n) is 6.53. The predicted molar refractivity (Wildman–Crippen MR) is 42.4 cm³/mol. The Labute approximate surface area is 63.2 Å². The van der Waals surface area contributed by atoms with Crippen molar-refractivity contribution in [3.63, 3.8) is 0 Å². The standard InChI is InChI=1S/C9H16N/c1-2-6-9-8(4-1)5-3-7-10-9/h8,10H,1-7H2. The van der Waals surface area contributed by atoms with E-state index in [4.69, 9.17) is 0 Å². The van der Waals surface area contributed by atoms with Gasteiger partial charge in [-0.2, -0.15) is 0 Å². The zero-order chi connectivity index (χ0) is 6.81. The lowest BCUT2D eigenvalue weighted by molar-refractivity contribution is 0.292. The SMILES string of the molecule is C1CCC2CCCN[C]2C1. The molecular formula is C9H16N. The second kappa shape index (κ2) is 2.91. The van der Waals surface area contributed by atoms with Gasteiger partial charge in [-0.1, -0.05) is 12.8 Å². The minimum Gasteiger partial charge on any atom is -0.309 e. The molecule has 1 N–H and O–H groups in total. The quantitative estimate of drug-likeness (QED) is 0.540. The van der Waals surface area contributed by atoms with Crippen LogP contribution in [0.3, 0.4) is 0 Å². The summed E-state index contributed by atoms with van der Waals surface area (Å²) in [7, 11) is 0. The Morgan fingerprint density at radius 1 is 1.10 bits per heavy atom. The Hall–Kier alpha value is -0.0400. The summed E-state index contributed by atoms with van der Waals surface area (Å²) in [6.07, 6.45) is 8.58. The third-order valence-electron chi connectivity index (χ3n) is 2.82. The van der Waals surface area contributed by atoms with Crippen molar-refractivity contribution in [1.82, 2.24) is 5.32 Å². The number of piperidine rings is 1. The van der Waals surface area contributed by atoms with Gasteiger partial charge in [0, 0.05) is 6.04 Å². The molecule has 1 unspecified atom stereocenters. The van der Waals surface area contributed by atoms with Gasteiger partial charge in [0.1, 0.15) is 0 Å². The second-order valence-electron chi connectivity index (χ2n) is 3.54. The highest BCUT2D eigenvalue weighted by Crippen LogP contribution is 2.34. The van der Waals surface area contributed by atoms with E-state index in [1.165, 1.54) is 45.1 Å². The molecule has 1 radical (unpaired) electrons. The smallest absolute Gasteiger partial charge is 0.0395 e. The lowest BCUT2D eigenvalue weighted by Crippen LogP contribution is -2.36. The highest BCUT2D eigenvalue weighted by molar-refractivity contribution is 4.99. The molecule has 1 saturated heterocycles. The molecule has 10 heavy (non-hydrogen) atoms. The van der Waals surface area contributed by atoms with E-state index in [-0.39, 0.29) is 0 Å². The van der Waals surface area contributed by atoms with Crippen molar-refractivity contribution in [1.29, 1.82) is 0 Å². The van der Waals surface area contributed by atoms with E-state index in [1.807, 2.05) is 0 Å². The largest absolute Gasteiger partial charge is 0.309 e. The average Bonchev–Trinajstić information content (AvgIpc) is 2.05. The monoisotopic (exact) mass is 138 g/mol. The van der Waals surface area contributed by atoms with Crippen LogP contribution >= 0.6 is 0 Å². The van der Waals surface area contributed by atoms with Crippen molar-refractivity contribution >= 4 is 0 Å². The van der Waals surface area contributed by atoms with Crippen LogP contribution in [0.4, 0.5) is 0 Å². The second-order valence-corrected chi connectivity index (χ2v) is 3.54. The third-order valence-corrected chi connectivity index (χ3v) is 2.82. The molecule has 1 heteroatoms. The van der Waals surface area contributed by atoms with E-state index in [0.29, 0.717) is 0 Å².